The van der Waals surface area contributed by atoms with Crippen molar-refractivity contribution in [2.24, 2.45) is 0 Å². The maximum absolute atomic E-state index is 13.8. The molecule has 15 heavy (non-hydrogen) atoms. The molecule has 0 aliphatic heterocycles. The van der Waals surface area contributed by atoms with E-state index in [9.17, 15) is 8.78 Å². The lowest BCUT2D eigenvalue weighted by Crippen LogP contribution is -2.16. The molecule has 2 heteroatoms. The number of hydrogen-bond acceptors (Lipinski definition) is 0. The molecule has 0 amide bonds. The average Bonchev–Trinajstić information content (AvgIpc) is 2.57. The van der Waals surface area contributed by atoms with Crippen LogP contribution in [-0.2, 0) is 11.8 Å². The molecule has 1 aromatic rings. The van der Waals surface area contributed by atoms with E-state index in [1.807, 2.05) is 32.9 Å². The molecule has 0 spiro atoms. The van der Waals surface area contributed by atoms with Gasteiger partial charge in [0.05, 0.1) is 0 Å². The van der Waals surface area contributed by atoms with Crippen molar-refractivity contribution in [2.45, 2.75) is 32.6 Å². The molecule has 0 unspecified atom stereocenters. The van der Waals surface area contributed by atoms with Gasteiger partial charge in [-0.1, -0.05) is 32.9 Å². The third kappa shape index (κ3) is 1.58. The highest BCUT2D eigenvalue weighted by molar-refractivity contribution is 5.61. The lowest BCUT2D eigenvalue weighted by molar-refractivity contribution is 0.460. The number of hydrogen-bond donors (Lipinski definition) is 0. The van der Waals surface area contributed by atoms with Gasteiger partial charge < -0.3 is 0 Å². The Balaban J connectivity index is 2.68. The van der Waals surface area contributed by atoms with Gasteiger partial charge in [0.25, 0.3) is 0 Å². The zero-order valence-corrected chi connectivity index (χ0v) is 9.20. The van der Waals surface area contributed by atoms with E-state index >= 15 is 0 Å². The first-order valence-corrected chi connectivity index (χ1v) is 5.09. The van der Waals surface area contributed by atoms with E-state index in [0.717, 1.165) is 5.56 Å². The van der Waals surface area contributed by atoms with Crippen LogP contribution in [0.1, 0.15) is 37.5 Å². The molecule has 1 aliphatic rings. The minimum Gasteiger partial charge on any atom is -0.203 e. The van der Waals surface area contributed by atoms with E-state index in [2.05, 4.69) is 0 Å². The Hall–Kier alpha value is -1.18. The lowest BCUT2D eigenvalue weighted by Gasteiger charge is -2.21. The van der Waals surface area contributed by atoms with Gasteiger partial charge in [-0.05, 0) is 29.0 Å². The molecule has 0 nitrogen and oxygen atoms in total. The number of allylic oxidation sites excluding steroid dienone is 1. The first kappa shape index (κ1) is 10.3. The van der Waals surface area contributed by atoms with Crippen LogP contribution in [0.5, 0.6) is 0 Å². The molecule has 0 N–H and O–H groups in total. The fourth-order valence-electron chi connectivity index (χ4n) is 1.89. The Bertz CT molecular complexity index is 437. The second-order valence-corrected chi connectivity index (χ2v) is 4.98. The van der Waals surface area contributed by atoms with Gasteiger partial charge in [-0.3, -0.25) is 0 Å². The maximum Gasteiger partial charge on any atom is 0.163 e. The van der Waals surface area contributed by atoms with Crippen LogP contribution in [-0.4, -0.2) is 0 Å². The fourth-order valence-corrected chi connectivity index (χ4v) is 1.89. The predicted molar refractivity (Wildman–Crippen MR) is 57.8 cm³/mol. The standard InChI is InChI=1S/C13H14F2/c1-13(2,3)10-7-8-5-4-6-9(8)11(14)12(10)15/h4-5,7H,6H2,1-3H3. The van der Waals surface area contributed by atoms with Crippen molar-refractivity contribution in [1.29, 1.82) is 0 Å². The van der Waals surface area contributed by atoms with Gasteiger partial charge in [0.15, 0.2) is 11.6 Å². The molecule has 0 radical (unpaired) electrons. The van der Waals surface area contributed by atoms with Crippen LogP contribution in [0.15, 0.2) is 12.1 Å². The number of fused-ring (bicyclic) bond motifs is 1. The van der Waals surface area contributed by atoms with Crippen molar-refractivity contribution in [1.82, 2.24) is 0 Å². The summed E-state index contributed by atoms with van der Waals surface area (Å²) in [7, 11) is 0. The zero-order chi connectivity index (χ0) is 11.2. The summed E-state index contributed by atoms with van der Waals surface area (Å²) in [5.41, 5.74) is 1.39. The second-order valence-electron chi connectivity index (χ2n) is 4.98. The van der Waals surface area contributed by atoms with E-state index in [1.165, 1.54) is 0 Å². The normalized spacial score (nSPS) is 14.5. The first-order chi connectivity index (χ1) is 6.91. The number of halogens is 2. The van der Waals surface area contributed by atoms with E-state index in [1.54, 1.807) is 6.07 Å². The molecule has 1 aliphatic carbocycles. The van der Waals surface area contributed by atoms with Crippen LogP contribution in [0.3, 0.4) is 0 Å². The largest absolute Gasteiger partial charge is 0.203 e. The molecule has 2 rings (SSSR count). The predicted octanol–water partition coefficient (Wildman–Crippen LogP) is 3.83. The third-order valence-corrected chi connectivity index (χ3v) is 2.77. The van der Waals surface area contributed by atoms with Gasteiger partial charge >= 0.3 is 0 Å². The minimum absolute atomic E-state index is 0.365. The van der Waals surface area contributed by atoms with Crippen molar-refractivity contribution < 1.29 is 8.78 Å². The summed E-state index contributed by atoms with van der Waals surface area (Å²) < 4.78 is 27.4. The SMILES string of the molecule is CC(C)(C)c1cc2c(c(F)c1F)CC=C2. The fraction of sp³-hybridized carbons (Fsp3) is 0.385. The monoisotopic (exact) mass is 208 g/mol. The highest BCUT2D eigenvalue weighted by Crippen LogP contribution is 2.33. The minimum atomic E-state index is -0.690. The molecule has 0 atom stereocenters. The summed E-state index contributed by atoms with van der Waals surface area (Å²) in [6.45, 7) is 5.65. The van der Waals surface area contributed by atoms with E-state index in [0.29, 0.717) is 17.5 Å². The van der Waals surface area contributed by atoms with E-state index in [-0.39, 0.29) is 5.41 Å². The van der Waals surface area contributed by atoms with Crippen LogP contribution >= 0.6 is 0 Å². The Morgan fingerprint density at radius 2 is 1.80 bits per heavy atom. The van der Waals surface area contributed by atoms with Gasteiger partial charge in [-0.2, -0.15) is 0 Å². The molecule has 0 fully saturated rings. The van der Waals surface area contributed by atoms with Gasteiger partial charge in [-0.25, -0.2) is 8.78 Å². The molecule has 0 saturated heterocycles. The molecule has 0 bridgehead atoms. The Morgan fingerprint density at radius 3 is 2.40 bits per heavy atom. The summed E-state index contributed by atoms with van der Waals surface area (Å²) in [5.74, 6) is -1.37. The lowest BCUT2D eigenvalue weighted by atomic mass is 9.84. The van der Waals surface area contributed by atoms with E-state index in [4.69, 9.17) is 0 Å². The molecule has 0 aromatic heterocycles. The van der Waals surface area contributed by atoms with Crippen molar-refractivity contribution in [2.75, 3.05) is 0 Å². The van der Waals surface area contributed by atoms with Crippen molar-refractivity contribution in [3.63, 3.8) is 0 Å². The molecule has 0 heterocycles. The summed E-state index contributed by atoms with van der Waals surface area (Å²) in [5, 5.41) is 0. The second kappa shape index (κ2) is 3.16. The quantitative estimate of drug-likeness (QED) is 0.607. The Labute approximate surface area is 88.6 Å². The summed E-state index contributed by atoms with van der Waals surface area (Å²) in [6, 6.07) is 1.76. The van der Waals surface area contributed by atoms with Crippen molar-refractivity contribution >= 4 is 6.08 Å². The molecule has 80 valence electrons. The maximum atomic E-state index is 13.8. The molecular formula is C13H14F2. The van der Waals surface area contributed by atoms with Crippen LogP contribution in [0.2, 0.25) is 0 Å². The Morgan fingerprint density at radius 1 is 1.13 bits per heavy atom. The first-order valence-electron chi connectivity index (χ1n) is 5.09. The average molecular weight is 208 g/mol. The van der Waals surface area contributed by atoms with Gasteiger partial charge in [0.2, 0.25) is 0 Å². The zero-order valence-electron chi connectivity index (χ0n) is 9.20. The van der Waals surface area contributed by atoms with Gasteiger partial charge in [0.1, 0.15) is 0 Å². The number of rotatable bonds is 0. The summed E-state index contributed by atoms with van der Waals surface area (Å²) in [4.78, 5) is 0. The highest BCUT2D eigenvalue weighted by Gasteiger charge is 2.25. The molecule has 0 saturated carbocycles. The van der Waals surface area contributed by atoms with Crippen molar-refractivity contribution in [3.8, 4) is 0 Å². The molecular weight excluding hydrogens is 194 g/mol. The van der Waals surface area contributed by atoms with Gasteiger partial charge in [-0.15, -0.1) is 0 Å². The third-order valence-electron chi connectivity index (χ3n) is 2.77. The Kier molecular flexibility index (Phi) is 2.18. The summed E-state index contributed by atoms with van der Waals surface area (Å²) in [6.07, 6.45) is 4.22. The summed E-state index contributed by atoms with van der Waals surface area (Å²) >= 11 is 0. The topological polar surface area (TPSA) is 0 Å². The van der Waals surface area contributed by atoms with Crippen LogP contribution < -0.4 is 0 Å². The van der Waals surface area contributed by atoms with Crippen molar-refractivity contribution in [3.05, 3.63) is 40.5 Å². The highest BCUT2D eigenvalue weighted by atomic mass is 19.2. The van der Waals surface area contributed by atoms with Gasteiger partial charge in [0, 0.05) is 5.56 Å². The van der Waals surface area contributed by atoms with Crippen LogP contribution in [0.4, 0.5) is 8.78 Å². The van der Waals surface area contributed by atoms with Crippen LogP contribution in [0.25, 0.3) is 6.08 Å². The smallest absolute Gasteiger partial charge is 0.163 e. The van der Waals surface area contributed by atoms with E-state index < -0.39 is 11.6 Å². The van der Waals surface area contributed by atoms with Crippen LogP contribution in [0, 0.1) is 11.6 Å². The number of benzene rings is 1. The molecule has 1 aromatic carbocycles.